The lowest BCUT2D eigenvalue weighted by Gasteiger charge is -2.20. The first-order chi connectivity index (χ1) is 8.92. The lowest BCUT2D eigenvalue weighted by atomic mass is 9.89. The molecule has 4 nitrogen and oxygen atoms in total. The molecule has 0 fully saturated rings. The van der Waals surface area contributed by atoms with Crippen molar-refractivity contribution in [3.8, 4) is 0 Å². The molecular formula is C14H18FN3O. The zero-order chi connectivity index (χ0) is 14.0. The van der Waals surface area contributed by atoms with Crippen LogP contribution < -0.4 is 5.32 Å². The van der Waals surface area contributed by atoms with Gasteiger partial charge in [0.25, 0.3) is 0 Å². The van der Waals surface area contributed by atoms with Gasteiger partial charge in [-0.25, -0.2) is 9.37 Å². The molecule has 0 aliphatic rings. The standard InChI is InChI=1S/C14H18FN3O/c1-4-14(2,3)13(19)16-8-12-17-10-6-5-9(15)7-11(10)18-12/h5-7H,4,8H2,1-3H3,(H,16,19)(H,17,18). The Hall–Kier alpha value is -1.91. The van der Waals surface area contributed by atoms with Crippen LogP contribution in [-0.2, 0) is 11.3 Å². The molecular weight excluding hydrogens is 245 g/mol. The van der Waals surface area contributed by atoms with E-state index in [9.17, 15) is 9.18 Å². The van der Waals surface area contributed by atoms with Crippen LogP contribution in [0, 0.1) is 11.2 Å². The maximum Gasteiger partial charge on any atom is 0.226 e. The predicted octanol–water partition coefficient (Wildman–Crippen LogP) is 2.75. The third kappa shape index (κ3) is 2.92. The van der Waals surface area contributed by atoms with E-state index < -0.39 is 5.41 Å². The van der Waals surface area contributed by atoms with E-state index in [1.807, 2.05) is 20.8 Å². The van der Waals surface area contributed by atoms with Crippen LogP contribution in [0.25, 0.3) is 11.0 Å². The zero-order valence-corrected chi connectivity index (χ0v) is 11.4. The van der Waals surface area contributed by atoms with Crippen LogP contribution in [0.3, 0.4) is 0 Å². The van der Waals surface area contributed by atoms with Gasteiger partial charge in [-0.15, -0.1) is 0 Å². The fraction of sp³-hybridized carbons (Fsp3) is 0.429. The minimum atomic E-state index is -0.391. The summed E-state index contributed by atoms with van der Waals surface area (Å²) in [5.41, 5.74) is 0.942. The number of fused-ring (bicyclic) bond motifs is 1. The molecule has 102 valence electrons. The Morgan fingerprint density at radius 1 is 1.47 bits per heavy atom. The van der Waals surface area contributed by atoms with Crippen molar-refractivity contribution in [2.45, 2.75) is 33.7 Å². The van der Waals surface area contributed by atoms with E-state index in [0.717, 1.165) is 6.42 Å². The smallest absolute Gasteiger partial charge is 0.226 e. The predicted molar refractivity (Wildman–Crippen MR) is 72.0 cm³/mol. The number of carbonyl (C=O) groups is 1. The number of amides is 1. The van der Waals surface area contributed by atoms with Gasteiger partial charge < -0.3 is 10.3 Å². The summed E-state index contributed by atoms with van der Waals surface area (Å²) < 4.78 is 13.0. The number of hydrogen-bond donors (Lipinski definition) is 2. The summed E-state index contributed by atoms with van der Waals surface area (Å²) in [6, 6.07) is 4.37. The van der Waals surface area contributed by atoms with Crippen LogP contribution in [0.1, 0.15) is 33.0 Å². The van der Waals surface area contributed by atoms with Crippen LogP contribution in [-0.4, -0.2) is 15.9 Å². The second kappa shape index (κ2) is 4.99. The average molecular weight is 263 g/mol. The number of carbonyl (C=O) groups excluding carboxylic acids is 1. The van der Waals surface area contributed by atoms with Crippen molar-refractivity contribution >= 4 is 16.9 Å². The molecule has 0 spiro atoms. The molecule has 0 aliphatic heterocycles. The van der Waals surface area contributed by atoms with Crippen molar-refractivity contribution in [2.75, 3.05) is 0 Å². The summed E-state index contributed by atoms with van der Waals surface area (Å²) in [4.78, 5) is 19.2. The molecule has 0 aliphatic carbocycles. The normalized spacial score (nSPS) is 11.8. The van der Waals surface area contributed by atoms with E-state index >= 15 is 0 Å². The highest BCUT2D eigenvalue weighted by Crippen LogP contribution is 2.19. The fourth-order valence-electron chi connectivity index (χ4n) is 1.68. The molecule has 0 saturated heterocycles. The van der Waals surface area contributed by atoms with Crippen molar-refractivity contribution in [3.05, 3.63) is 29.8 Å². The van der Waals surface area contributed by atoms with Gasteiger partial charge >= 0.3 is 0 Å². The molecule has 0 atom stereocenters. The Bertz CT molecular complexity index is 604. The molecule has 1 aromatic carbocycles. The number of nitrogens with zero attached hydrogens (tertiary/aromatic N) is 1. The Morgan fingerprint density at radius 3 is 2.89 bits per heavy atom. The molecule has 2 rings (SSSR count). The molecule has 0 bridgehead atoms. The Balaban J connectivity index is 2.08. The number of nitrogens with one attached hydrogen (secondary N) is 2. The van der Waals surface area contributed by atoms with E-state index in [1.165, 1.54) is 12.1 Å². The Kier molecular flexibility index (Phi) is 3.55. The second-order valence-electron chi connectivity index (χ2n) is 5.27. The van der Waals surface area contributed by atoms with Crippen LogP contribution in [0.5, 0.6) is 0 Å². The lowest BCUT2D eigenvalue weighted by molar-refractivity contribution is -0.129. The van der Waals surface area contributed by atoms with Crippen molar-refractivity contribution in [1.29, 1.82) is 0 Å². The van der Waals surface area contributed by atoms with Gasteiger partial charge in [0, 0.05) is 5.41 Å². The van der Waals surface area contributed by atoms with Crippen molar-refractivity contribution < 1.29 is 9.18 Å². The number of rotatable bonds is 4. The molecule has 1 heterocycles. The molecule has 2 N–H and O–H groups in total. The molecule has 2 aromatic rings. The maximum atomic E-state index is 13.0. The maximum absolute atomic E-state index is 13.0. The highest BCUT2D eigenvalue weighted by molar-refractivity contribution is 5.81. The topological polar surface area (TPSA) is 57.8 Å². The van der Waals surface area contributed by atoms with Gasteiger partial charge in [0.2, 0.25) is 5.91 Å². The second-order valence-corrected chi connectivity index (χ2v) is 5.27. The molecule has 0 saturated carbocycles. The van der Waals surface area contributed by atoms with Crippen LogP contribution >= 0.6 is 0 Å². The fourth-order valence-corrected chi connectivity index (χ4v) is 1.68. The molecule has 1 amide bonds. The van der Waals surface area contributed by atoms with E-state index in [4.69, 9.17) is 0 Å². The number of benzene rings is 1. The van der Waals surface area contributed by atoms with E-state index in [-0.39, 0.29) is 11.7 Å². The number of aromatic amines is 1. The quantitative estimate of drug-likeness (QED) is 0.891. The third-order valence-corrected chi connectivity index (χ3v) is 3.41. The molecule has 19 heavy (non-hydrogen) atoms. The first-order valence-corrected chi connectivity index (χ1v) is 6.35. The van der Waals surface area contributed by atoms with Crippen LogP contribution in [0.2, 0.25) is 0 Å². The summed E-state index contributed by atoms with van der Waals surface area (Å²) in [7, 11) is 0. The van der Waals surface area contributed by atoms with Gasteiger partial charge in [-0.1, -0.05) is 20.8 Å². The van der Waals surface area contributed by atoms with Crippen molar-refractivity contribution in [3.63, 3.8) is 0 Å². The van der Waals surface area contributed by atoms with Gasteiger partial charge in [-0.3, -0.25) is 4.79 Å². The number of H-pyrrole nitrogens is 1. The number of aromatic nitrogens is 2. The number of hydrogen-bond acceptors (Lipinski definition) is 2. The summed E-state index contributed by atoms with van der Waals surface area (Å²) in [6.07, 6.45) is 0.768. The number of imidazole rings is 1. The van der Waals surface area contributed by atoms with E-state index in [2.05, 4.69) is 15.3 Å². The Morgan fingerprint density at radius 2 is 2.21 bits per heavy atom. The Labute approximate surface area is 111 Å². The highest BCUT2D eigenvalue weighted by Gasteiger charge is 2.24. The van der Waals surface area contributed by atoms with Crippen molar-refractivity contribution in [1.82, 2.24) is 15.3 Å². The molecule has 0 radical (unpaired) electrons. The largest absolute Gasteiger partial charge is 0.348 e. The summed E-state index contributed by atoms with van der Waals surface area (Å²) in [5, 5.41) is 2.84. The molecule has 5 heteroatoms. The molecule has 1 aromatic heterocycles. The monoisotopic (exact) mass is 263 g/mol. The zero-order valence-electron chi connectivity index (χ0n) is 11.4. The van der Waals surface area contributed by atoms with E-state index in [0.29, 0.717) is 23.4 Å². The third-order valence-electron chi connectivity index (χ3n) is 3.41. The first-order valence-electron chi connectivity index (χ1n) is 6.35. The van der Waals surface area contributed by atoms with Gasteiger partial charge in [-0.2, -0.15) is 0 Å². The van der Waals surface area contributed by atoms with E-state index in [1.54, 1.807) is 6.07 Å². The van der Waals surface area contributed by atoms with Crippen LogP contribution in [0.15, 0.2) is 18.2 Å². The van der Waals surface area contributed by atoms with Gasteiger partial charge in [0.05, 0.1) is 17.6 Å². The summed E-state index contributed by atoms with van der Waals surface area (Å²) >= 11 is 0. The number of halogens is 1. The minimum absolute atomic E-state index is 0.0124. The van der Waals surface area contributed by atoms with Crippen molar-refractivity contribution in [2.24, 2.45) is 5.41 Å². The van der Waals surface area contributed by atoms with Crippen LogP contribution in [0.4, 0.5) is 4.39 Å². The van der Waals surface area contributed by atoms with Gasteiger partial charge in [0.15, 0.2) is 0 Å². The SMILES string of the molecule is CCC(C)(C)C(=O)NCc1nc2ccc(F)cc2[nH]1. The van der Waals surface area contributed by atoms with Gasteiger partial charge in [-0.05, 0) is 24.6 Å². The van der Waals surface area contributed by atoms with Gasteiger partial charge in [0.1, 0.15) is 11.6 Å². The first kappa shape index (κ1) is 13.5. The summed E-state index contributed by atoms with van der Waals surface area (Å²) in [6.45, 7) is 6.09. The highest BCUT2D eigenvalue weighted by atomic mass is 19.1. The lowest BCUT2D eigenvalue weighted by Crippen LogP contribution is -2.36. The molecule has 0 unspecified atom stereocenters. The minimum Gasteiger partial charge on any atom is -0.348 e. The average Bonchev–Trinajstić information content (AvgIpc) is 2.77. The summed E-state index contributed by atoms with van der Waals surface area (Å²) in [5.74, 6) is 0.307.